The third kappa shape index (κ3) is 2.22. The maximum absolute atomic E-state index is 12.6. The summed E-state index contributed by atoms with van der Waals surface area (Å²) in [5.41, 5.74) is 1.47. The Balaban J connectivity index is 2.21. The van der Waals surface area contributed by atoms with Crippen LogP contribution in [-0.2, 0) is 10.0 Å². The highest BCUT2D eigenvalue weighted by molar-refractivity contribution is 14.1. The van der Waals surface area contributed by atoms with Crippen molar-refractivity contribution in [3.8, 4) is 0 Å². The normalized spacial score (nSPS) is 11.9. The van der Waals surface area contributed by atoms with Gasteiger partial charge in [0.15, 0.2) is 5.65 Å². The molecule has 0 bridgehead atoms. The Labute approximate surface area is 130 Å². The number of halogens is 1. The number of benzene rings is 1. The molecular formula is C14H11IN2O2S. The van der Waals surface area contributed by atoms with Crippen LogP contribution in [0, 0.1) is 10.5 Å². The van der Waals surface area contributed by atoms with Crippen molar-refractivity contribution in [1.29, 1.82) is 0 Å². The molecule has 0 N–H and O–H groups in total. The summed E-state index contributed by atoms with van der Waals surface area (Å²) >= 11 is 2.15. The lowest BCUT2D eigenvalue weighted by atomic mass is 10.2. The Morgan fingerprint density at radius 2 is 1.85 bits per heavy atom. The van der Waals surface area contributed by atoms with E-state index in [2.05, 4.69) is 27.6 Å². The summed E-state index contributed by atoms with van der Waals surface area (Å²) < 4.78 is 27.5. The van der Waals surface area contributed by atoms with Crippen LogP contribution in [0.1, 0.15) is 5.56 Å². The van der Waals surface area contributed by atoms with Gasteiger partial charge in [0.05, 0.1) is 4.90 Å². The first kappa shape index (κ1) is 13.6. The van der Waals surface area contributed by atoms with Crippen LogP contribution in [0.4, 0.5) is 0 Å². The molecule has 0 atom stereocenters. The number of hydrogen-bond donors (Lipinski definition) is 0. The second-order valence-electron chi connectivity index (χ2n) is 4.50. The first-order valence-corrected chi connectivity index (χ1v) is 8.45. The molecule has 20 heavy (non-hydrogen) atoms. The van der Waals surface area contributed by atoms with E-state index in [-0.39, 0.29) is 4.90 Å². The Morgan fingerprint density at radius 1 is 1.15 bits per heavy atom. The predicted octanol–water partition coefficient (Wildman–Crippen LogP) is 3.19. The maximum atomic E-state index is 12.6. The summed E-state index contributed by atoms with van der Waals surface area (Å²) in [6.45, 7) is 1.92. The minimum Gasteiger partial charge on any atom is -0.236 e. The SMILES string of the molecule is Cc1ccc(S(=O)(=O)n2ccc3cc(I)cnc32)cc1. The third-order valence-corrected chi connectivity index (χ3v) is 5.31. The molecule has 102 valence electrons. The largest absolute Gasteiger partial charge is 0.269 e. The lowest BCUT2D eigenvalue weighted by molar-refractivity contribution is 0.588. The fourth-order valence-electron chi connectivity index (χ4n) is 1.99. The van der Waals surface area contributed by atoms with Crippen LogP contribution < -0.4 is 0 Å². The molecule has 6 heteroatoms. The summed E-state index contributed by atoms with van der Waals surface area (Å²) in [6.07, 6.45) is 3.20. The van der Waals surface area contributed by atoms with Crippen molar-refractivity contribution < 1.29 is 8.42 Å². The van der Waals surface area contributed by atoms with E-state index in [1.807, 2.05) is 13.0 Å². The molecule has 3 aromatic rings. The van der Waals surface area contributed by atoms with E-state index in [0.29, 0.717) is 5.65 Å². The molecule has 0 spiro atoms. The molecule has 2 heterocycles. The van der Waals surface area contributed by atoms with Crippen LogP contribution in [0.3, 0.4) is 0 Å². The zero-order chi connectivity index (χ0) is 14.3. The van der Waals surface area contributed by atoms with E-state index in [9.17, 15) is 8.42 Å². The topological polar surface area (TPSA) is 52.0 Å². The molecule has 0 aliphatic heterocycles. The zero-order valence-corrected chi connectivity index (χ0v) is 13.6. The monoisotopic (exact) mass is 398 g/mol. The van der Waals surface area contributed by atoms with Gasteiger partial charge in [0.1, 0.15) is 0 Å². The number of hydrogen-bond acceptors (Lipinski definition) is 3. The third-order valence-electron chi connectivity index (χ3n) is 3.04. The average molecular weight is 398 g/mol. The van der Waals surface area contributed by atoms with Crippen LogP contribution in [0.15, 0.2) is 53.7 Å². The number of fused-ring (bicyclic) bond motifs is 1. The second kappa shape index (κ2) is 4.85. The van der Waals surface area contributed by atoms with Gasteiger partial charge in [0.25, 0.3) is 10.0 Å². The van der Waals surface area contributed by atoms with E-state index < -0.39 is 10.0 Å². The summed E-state index contributed by atoms with van der Waals surface area (Å²) in [5.74, 6) is 0. The number of aryl methyl sites for hydroxylation is 1. The Kier molecular flexibility index (Phi) is 3.29. The van der Waals surface area contributed by atoms with Crippen molar-refractivity contribution in [2.75, 3.05) is 0 Å². The predicted molar refractivity (Wildman–Crippen MR) is 86.2 cm³/mol. The van der Waals surface area contributed by atoms with Gasteiger partial charge in [-0.15, -0.1) is 0 Å². The van der Waals surface area contributed by atoms with E-state index >= 15 is 0 Å². The minimum atomic E-state index is -3.60. The van der Waals surface area contributed by atoms with Crippen molar-refractivity contribution in [2.24, 2.45) is 0 Å². The van der Waals surface area contributed by atoms with Gasteiger partial charge in [0, 0.05) is 21.4 Å². The summed E-state index contributed by atoms with van der Waals surface area (Å²) in [4.78, 5) is 4.49. The van der Waals surface area contributed by atoms with Crippen molar-refractivity contribution in [2.45, 2.75) is 11.8 Å². The standard InChI is InChI=1S/C14H11IN2O2S/c1-10-2-4-13(5-3-10)20(18,19)17-7-6-11-8-12(15)9-16-14(11)17/h2-9H,1H3. The molecule has 0 fully saturated rings. The zero-order valence-electron chi connectivity index (χ0n) is 10.6. The Morgan fingerprint density at radius 3 is 2.55 bits per heavy atom. The quantitative estimate of drug-likeness (QED) is 0.624. The molecule has 0 radical (unpaired) electrons. The van der Waals surface area contributed by atoms with Crippen LogP contribution >= 0.6 is 22.6 Å². The first-order chi connectivity index (χ1) is 9.48. The van der Waals surface area contributed by atoms with Gasteiger partial charge in [0.2, 0.25) is 0 Å². The van der Waals surface area contributed by atoms with Gasteiger partial charge in [-0.1, -0.05) is 17.7 Å². The van der Waals surface area contributed by atoms with Gasteiger partial charge in [-0.05, 0) is 53.8 Å². The summed E-state index contributed by atoms with van der Waals surface area (Å²) in [6, 6.07) is 10.5. The lowest BCUT2D eigenvalue weighted by Gasteiger charge is -2.07. The number of rotatable bonds is 2. The fraction of sp³-hybridized carbons (Fsp3) is 0.0714. The fourth-order valence-corrected chi connectivity index (χ4v) is 3.77. The van der Waals surface area contributed by atoms with Gasteiger partial charge in [-0.25, -0.2) is 17.4 Å². The highest BCUT2D eigenvalue weighted by Gasteiger charge is 2.19. The molecule has 3 rings (SSSR count). The van der Waals surface area contributed by atoms with Crippen LogP contribution in [0.2, 0.25) is 0 Å². The molecule has 1 aromatic carbocycles. The van der Waals surface area contributed by atoms with Gasteiger partial charge < -0.3 is 0 Å². The van der Waals surface area contributed by atoms with Crippen LogP contribution in [0.5, 0.6) is 0 Å². The molecule has 0 saturated heterocycles. The van der Waals surface area contributed by atoms with Gasteiger partial charge in [-0.3, -0.25) is 0 Å². The molecule has 0 aliphatic carbocycles. The van der Waals surface area contributed by atoms with E-state index in [4.69, 9.17) is 0 Å². The Hall–Kier alpha value is -1.41. The molecule has 0 saturated carbocycles. The Bertz CT molecular complexity index is 883. The maximum Gasteiger partial charge on any atom is 0.269 e. The average Bonchev–Trinajstić information content (AvgIpc) is 2.82. The molecule has 2 aromatic heterocycles. The van der Waals surface area contributed by atoms with E-state index in [1.54, 1.807) is 42.7 Å². The molecule has 0 unspecified atom stereocenters. The van der Waals surface area contributed by atoms with Gasteiger partial charge in [-0.2, -0.15) is 0 Å². The highest BCUT2D eigenvalue weighted by Crippen LogP contribution is 2.22. The number of pyridine rings is 1. The van der Waals surface area contributed by atoms with Gasteiger partial charge >= 0.3 is 0 Å². The smallest absolute Gasteiger partial charge is 0.236 e. The van der Waals surface area contributed by atoms with Crippen molar-refractivity contribution in [3.05, 3.63) is 57.9 Å². The van der Waals surface area contributed by atoms with Crippen molar-refractivity contribution in [3.63, 3.8) is 0 Å². The molecule has 0 amide bonds. The molecular weight excluding hydrogens is 387 g/mol. The highest BCUT2D eigenvalue weighted by atomic mass is 127. The molecule has 4 nitrogen and oxygen atoms in total. The molecule has 0 aliphatic rings. The van der Waals surface area contributed by atoms with Crippen LogP contribution in [0.25, 0.3) is 11.0 Å². The van der Waals surface area contributed by atoms with E-state index in [1.165, 1.54) is 3.97 Å². The van der Waals surface area contributed by atoms with Crippen LogP contribution in [-0.4, -0.2) is 17.4 Å². The summed E-state index contributed by atoms with van der Waals surface area (Å²) in [7, 11) is -3.60. The van der Waals surface area contributed by atoms with Crippen molar-refractivity contribution in [1.82, 2.24) is 8.96 Å². The minimum absolute atomic E-state index is 0.265. The van der Waals surface area contributed by atoms with Crippen molar-refractivity contribution >= 4 is 43.6 Å². The summed E-state index contributed by atoms with van der Waals surface area (Å²) in [5, 5.41) is 0.813. The lowest BCUT2D eigenvalue weighted by Crippen LogP contribution is -2.12. The second-order valence-corrected chi connectivity index (χ2v) is 7.56. The number of aromatic nitrogens is 2. The first-order valence-electron chi connectivity index (χ1n) is 5.93. The van der Waals surface area contributed by atoms with E-state index in [0.717, 1.165) is 14.5 Å². The number of nitrogens with zero attached hydrogens (tertiary/aromatic N) is 2.